The van der Waals surface area contributed by atoms with Gasteiger partial charge < -0.3 is 9.47 Å². The molecule has 3 rings (SSSR count). The number of rotatable bonds is 7. The minimum absolute atomic E-state index is 0.0294. The molecule has 0 fully saturated rings. The van der Waals surface area contributed by atoms with E-state index in [4.69, 9.17) is 32.7 Å². The molecule has 2 aromatic carbocycles. The molecule has 176 valence electrons. The molecular formula is C26H24Cl2N2O4. The Hall–Kier alpha value is -3.27. The van der Waals surface area contributed by atoms with Crippen LogP contribution >= 0.6 is 23.2 Å². The van der Waals surface area contributed by atoms with Gasteiger partial charge in [0.25, 0.3) is 11.8 Å². The summed E-state index contributed by atoms with van der Waals surface area (Å²) in [6, 6.07) is 12.3. The summed E-state index contributed by atoms with van der Waals surface area (Å²) < 4.78 is 11.4. The monoisotopic (exact) mass is 498 g/mol. The maximum atomic E-state index is 13.1. The summed E-state index contributed by atoms with van der Waals surface area (Å²) in [7, 11) is 1.52. The highest BCUT2D eigenvalue weighted by Crippen LogP contribution is 2.33. The zero-order valence-corrected chi connectivity index (χ0v) is 20.8. The van der Waals surface area contributed by atoms with Crippen LogP contribution in [0.4, 0.5) is 0 Å². The predicted octanol–water partition coefficient (Wildman–Crippen LogP) is 5.83. The quantitative estimate of drug-likeness (QED) is 0.354. The Morgan fingerprint density at radius 2 is 1.82 bits per heavy atom. The number of nitriles is 1. The Morgan fingerprint density at radius 1 is 1.09 bits per heavy atom. The lowest BCUT2D eigenvalue weighted by molar-refractivity contribution is -0.141. The van der Waals surface area contributed by atoms with Gasteiger partial charge in [0, 0.05) is 27.7 Å². The van der Waals surface area contributed by atoms with E-state index in [9.17, 15) is 14.9 Å². The first kappa shape index (κ1) is 25.4. The first-order chi connectivity index (χ1) is 16.2. The zero-order chi connectivity index (χ0) is 25.0. The van der Waals surface area contributed by atoms with E-state index in [0.717, 1.165) is 10.5 Å². The van der Waals surface area contributed by atoms with Crippen LogP contribution in [0.5, 0.6) is 11.5 Å². The Balaban J connectivity index is 1.92. The fraction of sp³-hybridized carbons (Fsp3) is 0.269. The number of halogens is 2. The van der Waals surface area contributed by atoms with Crippen molar-refractivity contribution in [1.29, 1.82) is 5.26 Å². The van der Waals surface area contributed by atoms with Crippen molar-refractivity contribution in [2.75, 3.05) is 13.7 Å². The molecule has 2 aromatic rings. The molecular weight excluding hydrogens is 475 g/mol. The third-order valence-electron chi connectivity index (χ3n) is 5.27. The van der Waals surface area contributed by atoms with Crippen molar-refractivity contribution in [3.05, 3.63) is 74.3 Å². The number of benzene rings is 2. The van der Waals surface area contributed by atoms with Gasteiger partial charge in [-0.2, -0.15) is 5.26 Å². The van der Waals surface area contributed by atoms with Crippen LogP contribution in [-0.2, 0) is 16.2 Å². The maximum absolute atomic E-state index is 13.1. The van der Waals surface area contributed by atoms with Crippen LogP contribution in [0, 0.1) is 17.2 Å². The second kappa shape index (κ2) is 10.8. The van der Waals surface area contributed by atoms with Crippen LogP contribution in [0.3, 0.4) is 0 Å². The van der Waals surface area contributed by atoms with Crippen LogP contribution in [0.25, 0.3) is 6.08 Å². The number of nitrogens with zero attached hydrogens (tertiary/aromatic N) is 2. The summed E-state index contributed by atoms with van der Waals surface area (Å²) in [6.07, 6.45) is 1.65. The number of ether oxygens (including phenoxy) is 2. The molecule has 0 bridgehead atoms. The summed E-state index contributed by atoms with van der Waals surface area (Å²) in [5.74, 6) is 0.0373. The van der Waals surface area contributed by atoms with E-state index < -0.39 is 11.8 Å². The van der Waals surface area contributed by atoms with Gasteiger partial charge in [0.05, 0.1) is 7.11 Å². The van der Waals surface area contributed by atoms with Gasteiger partial charge in [-0.1, -0.05) is 49.2 Å². The van der Waals surface area contributed by atoms with Crippen molar-refractivity contribution in [2.24, 2.45) is 5.92 Å². The number of carbonyl (C=O) groups excluding carboxylic acids is 2. The van der Waals surface area contributed by atoms with Crippen molar-refractivity contribution in [3.8, 4) is 17.6 Å². The second-order valence-corrected chi connectivity index (χ2v) is 9.06. The molecule has 0 unspecified atom stereocenters. The summed E-state index contributed by atoms with van der Waals surface area (Å²) in [6.45, 7) is 5.86. The standard InChI is InChI=1S/C26H24Cl2N2O4/c1-15(2)13-30-25(31)20(16(3)21(12-29)26(30)32)9-17-5-8-23(24(10-17)33-4)34-14-18-6-7-19(27)11-22(18)28/h5-11,15H,13-14H2,1-4H3/b20-9+. The first-order valence-electron chi connectivity index (χ1n) is 10.6. The van der Waals surface area contributed by atoms with Gasteiger partial charge >= 0.3 is 0 Å². The predicted molar refractivity (Wildman–Crippen MR) is 132 cm³/mol. The molecule has 0 atom stereocenters. The average molecular weight is 499 g/mol. The SMILES string of the molecule is COc1cc(/C=C2/C(=O)N(CC(C)C)C(=O)C(C#N)=C2C)ccc1OCc1ccc(Cl)cc1Cl. The number of hydrogen-bond donors (Lipinski definition) is 0. The lowest BCUT2D eigenvalue weighted by atomic mass is 9.93. The number of amides is 2. The van der Waals surface area contributed by atoms with Crippen LogP contribution < -0.4 is 9.47 Å². The van der Waals surface area contributed by atoms with E-state index in [1.165, 1.54) is 7.11 Å². The Morgan fingerprint density at radius 3 is 2.44 bits per heavy atom. The highest BCUT2D eigenvalue weighted by Gasteiger charge is 2.35. The molecule has 0 aromatic heterocycles. The number of carbonyl (C=O) groups is 2. The van der Waals surface area contributed by atoms with Crippen molar-refractivity contribution in [3.63, 3.8) is 0 Å². The number of methoxy groups -OCH3 is 1. The largest absolute Gasteiger partial charge is 0.493 e. The number of imide groups is 1. The smallest absolute Gasteiger partial charge is 0.271 e. The third-order valence-corrected chi connectivity index (χ3v) is 5.86. The normalized spacial score (nSPS) is 15.2. The van der Waals surface area contributed by atoms with Gasteiger partial charge in [-0.25, -0.2) is 0 Å². The zero-order valence-electron chi connectivity index (χ0n) is 19.3. The lowest BCUT2D eigenvalue weighted by Gasteiger charge is -2.28. The Bertz CT molecular complexity index is 1240. The van der Waals surface area contributed by atoms with E-state index in [0.29, 0.717) is 38.3 Å². The van der Waals surface area contributed by atoms with Crippen LogP contribution in [0.1, 0.15) is 31.9 Å². The fourth-order valence-corrected chi connectivity index (χ4v) is 3.98. The summed E-state index contributed by atoms with van der Waals surface area (Å²) in [5, 5.41) is 10.6. The number of hydrogen-bond acceptors (Lipinski definition) is 5. The first-order valence-corrected chi connectivity index (χ1v) is 11.4. The van der Waals surface area contributed by atoms with Gasteiger partial charge in [-0.3, -0.25) is 14.5 Å². The third kappa shape index (κ3) is 5.44. The van der Waals surface area contributed by atoms with Crippen LogP contribution in [0.15, 0.2) is 53.1 Å². The molecule has 0 N–H and O–H groups in total. The van der Waals surface area contributed by atoms with Crippen molar-refractivity contribution in [1.82, 2.24) is 4.90 Å². The molecule has 0 spiro atoms. The molecule has 6 nitrogen and oxygen atoms in total. The van der Waals surface area contributed by atoms with Crippen LogP contribution in [-0.4, -0.2) is 30.4 Å². The van der Waals surface area contributed by atoms with E-state index in [-0.39, 0.29) is 24.6 Å². The van der Waals surface area contributed by atoms with Crippen LogP contribution in [0.2, 0.25) is 10.0 Å². The molecule has 0 aliphatic carbocycles. The van der Waals surface area contributed by atoms with Gasteiger partial charge in [0.1, 0.15) is 18.2 Å². The van der Waals surface area contributed by atoms with Gasteiger partial charge in [0.2, 0.25) is 0 Å². The molecule has 1 aliphatic rings. The minimum Gasteiger partial charge on any atom is -0.493 e. The van der Waals surface area contributed by atoms with E-state index in [1.54, 1.807) is 49.4 Å². The van der Waals surface area contributed by atoms with E-state index in [1.807, 2.05) is 19.9 Å². The Kier molecular flexibility index (Phi) is 8.03. The molecule has 0 radical (unpaired) electrons. The lowest BCUT2D eigenvalue weighted by Crippen LogP contribution is -2.44. The topological polar surface area (TPSA) is 79.6 Å². The molecule has 2 amide bonds. The fourth-order valence-electron chi connectivity index (χ4n) is 3.51. The highest BCUT2D eigenvalue weighted by atomic mass is 35.5. The van der Waals surface area contributed by atoms with Gasteiger partial charge in [0.15, 0.2) is 11.5 Å². The summed E-state index contributed by atoms with van der Waals surface area (Å²) >= 11 is 12.2. The molecule has 0 saturated heterocycles. The van der Waals surface area contributed by atoms with Crippen molar-refractivity contribution in [2.45, 2.75) is 27.4 Å². The molecule has 34 heavy (non-hydrogen) atoms. The van der Waals surface area contributed by atoms with Gasteiger partial charge in [-0.05, 0) is 54.3 Å². The average Bonchev–Trinajstić information content (AvgIpc) is 2.79. The molecule has 1 aliphatic heterocycles. The van der Waals surface area contributed by atoms with E-state index in [2.05, 4.69) is 0 Å². The highest BCUT2D eigenvalue weighted by molar-refractivity contribution is 6.35. The minimum atomic E-state index is -0.557. The summed E-state index contributed by atoms with van der Waals surface area (Å²) in [5.41, 5.74) is 2.05. The second-order valence-electron chi connectivity index (χ2n) is 8.22. The molecule has 1 heterocycles. The van der Waals surface area contributed by atoms with Crippen molar-refractivity contribution < 1.29 is 19.1 Å². The maximum Gasteiger partial charge on any atom is 0.271 e. The van der Waals surface area contributed by atoms with Crippen molar-refractivity contribution >= 4 is 41.1 Å². The molecule has 8 heteroatoms. The van der Waals surface area contributed by atoms with E-state index >= 15 is 0 Å². The summed E-state index contributed by atoms with van der Waals surface area (Å²) in [4.78, 5) is 26.9. The molecule has 0 saturated carbocycles. The van der Waals surface area contributed by atoms with Gasteiger partial charge in [-0.15, -0.1) is 0 Å². The Labute approximate surface area is 209 Å².